The molecule has 0 saturated heterocycles. The third-order valence-corrected chi connectivity index (χ3v) is 5.44. The van der Waals surface area contributed by atoms with Gasteiger partial charge in [0.2, 0.25) is 0 Å². The smallest absolute Gasteiger partial charge is 0.325 e. The summed E-state index contributed by atoms with van der Waals surface area (Å²) in [6.45, 7) is -0.0174. The summed E-state index contributed by atoms with van der Waals surface area (Å²) in [5.74, 6) is 0.539. The van der Waals surface area contributed by atoms with Crippen molar-refractivity contribution in [2.45, 2.75) is 6.54 Å². The van der Waals surface area contributed by atoms with E-state index >= 15 is 0 Å². The van der Waals surface area contributed by atoms with E-state index in [4.69, 9.17) is 9.47 Å². The van der Waals surface area contributed by atoms with Crippen LogP contribution in [0.4, 0.5) is 0 Å². The molecule has 4 rings (SSSR count). The summed E-state index contributed by atoms with van der Waals surface area (Å²) in [4.78, 5) is 29.3. The van der Waals surface area contributed by atoms with Crippen LogP contribution in [0.25, 0.3) is 10.2 Å². The maximum absolute atomic E-state index is 12.7. The monoisotopic (exact) mass is 418 g/mol. The minimum atomic E-state index is -0.408. The highest BCUT2D eigenvalue weighted by Crippen LogP contribution is 2.21. The number of benzene rings is 3. The molecule has 3 aromatic carbocycles. The van der Waals surface area contributed by atoms with Crippen LogP contribution in [0.15, 0.2) is 83.9 Å². The minimum Gasteiger partial charge on any atom is -0.468 e. The number of hydrogen-bond donors (Lipinski definition) is 0. The molecule has 1 heterocycles. The average Bonchev–Trinajstić information content (AvgIpc) is 3.11. The summed E-state index contributed by atoms with van der Waals surface area (Å²) in [6.07, 6.45) is 0. The Hall–Kier alpha value is -3.71. The van der Waals surface area contributed by atoms with Crippen LogP contribution >= 0.6 is 11.3 Å². The van der Waals surface area contributed by atoms with Crippen molar-refractivity contribution in [3.8, 4) is 11.5 Å². The second-order valence-electron chi connectivity index (χ2n) is 6.37. The number of thiazole rings is 1. The van der Waals surface area contributed by atoms with Crippen molar-refractivity contribution < 1.29 is 19.1 Å². The molecule has 6 nitrogen and oxygen atoms in total. The fraction of sp³-hybridized carbons (Fsp3) is 0.0870. The van der Waals surface area contributed by atoms with E-state index in [0.29, 0.717) is 16.1 Å². The molecule has 0 aliphatic heterocycles. The summed E-state index contributed by atoms with van der Waals surface area (Å²) in [5, 5.41) is 0. The van der Waals surface area contributed by atoms with Gasteiger partial charge in [0, 0.05) is 5.56 Å². The number of ether oxygens (including phenoxy) is 2. The molecule has 0 spiro atoms. The van der Waals surface area contributed by atoms with E-state index in [9.17, 15) is 9.59 Å². The predicted molar refractivity (Wildman–Crippen MR) is 115 cm³/mol. The van der Waals surface area contributed by atoms with Gasteiger partial charge < -0.3 is 14.0 Å². The number of rotatable bonds is 5. The summed E-state index contributed by atoms with van der Waals surface area (Å²) < 4.78 is 13.2. The minimum absolute atomic E-state index is 0.0174. The average molecular weight is 418 g/mol. The van der Waals surface area contributed by atoms with Gasteiger partial charge in [-0.3, -0.25) is 9.59 Å². The first-order valence-corrected chi connectivity index (χ1v) is 10.0. The Morgan fingerprint density at radius 3 is 2.30 bits per heavy atom. The van der Waals surface area contributed by atoms with Crippen molar-refractivity contribution in [2.24, 2.45) is 4.99 Å². The van der Waals surface area contributed by atoms with Gasteiger partial charge >= 0.3 is 5.97 Å². The Morgan fingerprint density at radius 2 is 1.57 bits per heavy atom. The summed E-state index contributed by atoms with van der Waals surface area (Å²) in [7, 11) is 1.33. The Balaban J connectivity index is 1.63. The first-order valence-electron chi connectivity index (χ1n) is 9.21. The molecule has 0 radical (unpaired) electrons. The van der Waals surface area contributed by atoms with Gasteiger partial charge in [-0.1, -0.05) is 41.7 Å². The predicted octanol–water partition coefficient (Wildman–Crippen LogP) is 4.41. The number of carbonyl (C=O) groups is 2. The van der Waals surface area contributed by atoms with Crippen LogP contribution in [-0.4, -0.2) is 23.6 Å². The van der Waals surface area contributed by atoms with Gasteiger partial charge in [-0.05, 0) is 48.5 Å². The number of methoxy groups -OCH3 is 1. The zero-order chi connectivity index (χ0) is 20.9. The summed E-state index contributed by atoms with van der Waals surface area (Å²) >= 11 is 1.35. The first-order chi connectivity index (χ1) is 14.6. The number of nitrogens with zero attached hydrogens (tertiary/aromatic N) is 2. The lowest BCUT2D eigenvalue weighted by Gasteiger charge is -2.05. The second-order valence-corrected chi connectivity index (χ2v) is 7.38. The Labute approximate surface area is 176 Å². The molecule has 4 aromatic rings. The fourth-order valence-corrected chi connectivity index (χ4v) is 3.92. The van der Waals surface area contributed by atoms with Crippen LogP contribution in [0.3, 0.4) is 0 Å². The van der Waals surface area contributed by atoms with E-state index in [1.165, 1.54) is 18.4 Å². The molecule has 0 N–H and O–H groups in total. The number of para-hydroxylation sites is 2. The molecule has 0 fully saturated rings. The van der Waals surface area contributed by atoms with E-state index in [2.05, 4.69) is 4.99 Å². The lowest BCUT2D eigenvalue weighted by atomic mass is 10.2. The molecule has 1 amide bonds. The highest BCUT2D eigenvalue weighted by molar-refractivity contribution is 7.16. The normalized spacial score (nSPS) is 11.4. The molecule has 0 aliphatic rings. The number of hydrogen-bond acceptors (Lipinski definition) is 5. The molecule has 0 atom stereocenters. The fourth-order valence-electron chi connectivity index (χ4n) is 2.89. The molecule has 0 aliphatic carbocycles. The highest BCUT2D eigenvalue weighted by Gasteiger charge is 2.12. The topological polar surface area (TPSA) is 69.9 Å². The number of aromatic nitrogens is 1. The van der Waals surface area contributed by atoms with Crippen molar-refractivity contribution in [1.29, 1.82) is 0 Å². The van der Waals surface area contributed by atoms with Gasteiger partial charge in [-0.2, -0.15) is 4.99 Å². The summed E-state index contributed by atoms with van der Waals surface area (Å²) in [6, 6.07) is 23.8. The standard InChI is InChI=1S/C23H18N2O4S/c1-28-21(26)15-25-19-9-5-6-10-20(19)30-23(25)24-22(27)16-11-13-18(14-12-16)29-17-7-3-2-4-8-17/h2-14H,15H2,1H3. The largest absolute Gasteiger partial charge is 0.468 e. The van der Waals surface area contributed by atoms with Gasteiger partial charge in [-0.25, -0.2) is 0 Å². The summed E-state index contributed by atoms with van der Waals surface area (Å²) in [5.41, 5.74) is 1.25. The second kappa shape index (κ2) is 8.75. The zero-order valence-electron chi connectivity index (χ0n) is 16.1. The van der Waals surface area contributed by atoms with Gasteiger partial charge in [-0.15, -0.1) is 0 Å². The van der Waals surface area contributed by atoms with E-state index in [-0.39, 0.29) is 6.54 Å². The maximum atomic E-state index is 12.7. The van der Waals surface area contributed by atoms with Crippen LogP contribution in [0, 0.1) is 0 Å². The van der Waals surface area contributed by atoms with Crippen molar-refractivity contribution in [1.82, 2.24) is 4.57 Å². The van der Waals surface area contributed by atoms with Crippen molar-refractivity contribution in [2.75, 3.05) is 7.11 Å². The van der Waals surface area contributed by atoms with Gasteiger partial charge in [0.05, 0.1) is 17.3 Å². The number of carbonyl (C=O) groups excluding carboxylic acids is 2. The zero-order valence-corrected chi connectivity index (χ0v) is 17.0. The maximum Gasteiger partial charge on any atom is 0.325 e. The Morgan fingerprint density at radius 1 is 0.900 bits per heavy atom. The molecule has 0 bridgehead atoms. The van der Waals surface area contributed by atoms with E-state index in [1.807, 2.05) is 54.6 Å². The number of fused-ring (bicyclic) bond motifs is 1. The van der Waals surface area contributed by atoms with Crippen LogP contribution in [0.1, 0.15) is 10.4 Å². The van der Waals surface area contributed by atoms with Gasteiger partial charge in [0.15, 0.2) is 4.80 Å². The molecule has 0 unspecified atom stereocenters. The molecular weight excluding hydrogens is 400 g/mol. The quantitative estimate of drug-likeness (QED) is 0.450. The SMILES string of the molecule is COC(=O)Cn1c(=NC(=O)c2ccc(Oc3ccccc3)cc2)sc2ccccc21. The molecule has 1 aromatic heterocycles. The molecule has 0 saturated carbocycles. The van der Waals surface area contributed by atoms with E-state index in [0.717, 1.165) is 16.0 Å². The van der Waals surface area contributed by atoms with Crippen molar-refractivity contribution in [3.05, 3.63) is 89.2 Å². The van der Waals surface area contributed by atoms with Crippen LogP contribution in [-0.2, 0) is 16.1 Å². The molecule has 7 heteroatoms. The van der Waals surface area contributed by atoms with E-state index < -0.39 is 11.9 Å². The third-order valence-electron chi connectivity index (χ3n) is 4.38. The molecule has 30 heavy (non-hydrogen) atoms. The van der Waals surface area contributed by atoms with Crippen LogP contribution in [0.5, 0.6) is 11.5 Å². The van der Waals surface area contributed by atoms with Crippen molar-refractivity contribution >= 4 is 33.4 Å². The molecule has 150 valence electrons. The first kappa shape index (κ1) is 19.6. The van der Waals surface area contributed by atoms with Crippen LogP contribution < -0.4 is 9.54 Å². The van der Waals surface area contributed by atoms with Crippen LogP contribution in [0.2, 0.25) is 0 Å². The van der Waals surface area contributed by atoms with Gasteiger partial charge in [0.25, 0.3) is 5.91 Å². The number of esters is 1. The van der Waals surface area contributed by atoms with E-state index in [1.54, 1.807) is 28.8 Å². The third kappa shape index (κ3) is 4.31. The molecular formula is C23H18N2O4S. The van der Waals surface area contributed by atoms with Gasteiger partial charge in [0.1, 0.15) is 18.0 Å². The lowest BCUT2D eigenvalue weighted by molar-refractivity contribution is -0.141. The van der Waals surface area contributed by atoms with Crippen molar-refractivity contribution in [3.63, 3.8) is 0 Å². The Bertz CT molecular complexity index is 1260. The Kier molecular flexibility index (Phi) is 5.72. The highest BCUT2D eigenvalue weighted by atomic mass is 32.1. The number of amides is 1. The lowest BCUT2D eigenvalue weighted by Crippen LogP contribution is -2.22.